The average Bonchev–Trinajstić information content (AvgIpc) is 2.12. The molecular formula is C11H14O5. The van der Waals surface area contributed by atoms with Crippen LogP contribution in [0.15, 0.2) is 12.7 Å². The molecule has 0 aromatic rings. The Balaban J connectivity index is 3.89. The van der Waals surface area contributed by atoms with E-state index in [0.29, 0.717) is 0 Å². The van der Waals surface area contributed by atoms with Crippen LogP contribution >= 0.6 is 0 Å². The zero-order valence-corrected chi connectivity index (χ0v) is 9.15. The Labute approximate surface area is 93.5 Å². The van der Waals surface area contributed by atoms with Crippen LogP contribution in [-0.4, -0.2) is 29.9 Å². The van der Waals surface area contributed by atoms with Gasteiger partial charge < -0.3 is 4.74 Å². The van der Waals surface area contributed by atoms with Crippen molar-refractivity contribution in [2.45, 2.75) is 26.2 Å². The lowest BCUT2D eigenvalue weighted by atomic mass is 10.1. The number of carbonyl (C=O) groups is 4. The summed E-state index contributed by atoms with van der Waals surface area (Å²) >= 11 is 0. The predicted molar refractivity (Wildman–Crippen MR) is 55.7 cm³/mol. The molecule has 0 heterocycles. The summed E-state index contributed by atoms with van der Waals surface area (Å²) in [7, 11) is 0. The average molecular weight is 226 g/mol. The summed E-state index contributed by atoms with van der Waals surface area (Å²) in [6.45, 7) is 4.64. The van der Waals surface area contributed by atoms with E-state index < -0.39 is 30.4 Å². The Morgan fingerprint density at radius 3 is 2.12 bits per heavy atom. The van der Waals surface area contributed by atoms with Crippen LogP contribution in [0.3, 0.4) is 0 Å². The van der Waals surface area contributed by atoms with Crippen molar-refractivity contribution in [2.24, 2.45) is 0 Å². The van der Waals surface area contributed by atoms with Gasteiger partial charge in [-0.2, -0.15) is 0 Å². The van der Waals surface area contributed by atoms with Crippen molar-refractivity contribution in [2.75, 3.05) is 6.61 Å². The smallest absolute Gasteiger partial charge is 0.313 e. The van der Waals surface area contributed by atoms with Crippen LogP contribution < -0.4 is 0 Å². The molecular weight excluding hydrogens is 212 g/mol. The SMILES string of the molecule is C=CCOC(=O)CC(=O)CC(=O)CC(C)=O. The zero-order valence-electron chi connectivity index (χ0n) is 9.15. The van der Waals surface area contributed by atoms with E-state index in [-0.39, 0.29) is 18.8 Å². The van der Waals surface area contributed by atoms with Gasteiger partial charge in [-0.1, -0.05) is 12.7 Å². The third-order valence-corrected chi connectivity index (χ3v) is 1.54. The van der Waals surface area contributed by atoms with Crippen molar-refractivity contribution in [3.05, 3.63) is 12.7 Å². The number of hydrogen-bond donors (Lipinski definition) is 0. The van der Waals surface area contributed by atoms with Gasteiger partial charge in [0, 0.05) is 0 Å². The molecule has 0 amide bonds. The lowest BCUT2D eigenvalue weighted by Crippen LogP contribution is -2.16. The number of ether oxygens (including phenoxy) is 1. The molecule has 0 aromatic carbocycles. The molecule has 5 nitrogen and oxygen atoms in total. The van der Waals surface area contributed by atoms with E-state index >= 15 is 0 Å². The van der Waals surface area contributed by atoms with Crippen molar-refractivity contribution in [3.63, 3.8) is 0 Å². The Morgan fingerprint density at radius 2 is 1.62 bits per heavy atom. The lowest BCUT2D eigenvalue weighted by Gasteiger charge is -2.00. The maximum absolute atomic E-state index is 11.1. The molecule has 0 atom stereocenters. The van der Waals surface area contributed by atoms with Gasteiger partial charge in [-0.15, -0.1) is 0 Å². The van der Waals surface area contributed by atoms with Crippen molar-refractivity contribution >= 4 is 23.3 Å². The standard InChI is InChI=1S/C11H14O5/c1-3-4-16-11(15)7-10(14)6-9(13)5-8(2)12/h3H,1,4-7H2,2H3. The van der Waals surface area contributed by atoms with Gasteiger partial charge in [0.1, 0.15) is 24.6 Å². The number of esters is 1. The Hall–Kier alpha value is -1.78. The first-order valence-electron chi connectivity index (χ1n) is 4.75. The van der Waals surface area contributed by atoms with E-state index in [1.807, 2.05) is 0 Å². The molecule has 0 rings (SSSR count). The molecule has 0 unspecified atom stereocenters. The molecule has 0 spiro atoms. The topological polar surface area (TPSA) is 77.5 Å². The molecule has 88 valence electrons. The maximum atomic E-state index is 11.1. The normalized spacial score (nSPS) is 9.31. The van der Waals surface area contributed by atoms with Gasteiger partial charge in [0.05, 0.1) is 12.8 Å². The molecule has 0 saturated carbocycles. The predicted octanol–water partition coefficient (Wildman–Crippen LogP) is 0.613. The first-order valence-corrected chi connectivity index (χ1v) is 4.75. The number of rotatable bonds is 8. The lowest BCUT2D eigenvalue weighted by molar-refractivity contribution is -0.145. The van der Waals surface area contributed by atoms with E-state index in [1.54, 1.807) is 0 Å². The monoisotopic (exact) mass is 226 g/mol. The summed E-state index contributed by atoms with van der Waals surface area (Å²) in [6, 6.07) is 0. The highest BCUT2D eigenvalue weighted by Crippen LogP contribution is 1.98. The Morgan fingerprint density at radius 1 is 1.06 bits per heavy atom. The molecule has 0 radical (unpaired) electrons. The molecule has 0 aliphatic carbocycles. The number of hydrogen-bond acceptors (Lipinski definition) is 5. The summed E-state index contributed by atoms with van der Waals surface area (Å²) in [6.07, 6.45) is 0.261. The van der Waals surface area contributed by atoms with Gasteiger partial charge in [0.2, 0.25) is 0 Å². The van der Waals surface area contributed by atoms with Gasteiger partial charge in [0.25, 0.3) is 0 Å². The number of ketones is 3. The maximum Gasteiger partial charge on any atom is 0.313 e. The van der Waals surface area contributed by atoms with Crippen molar-refractivity contribution in [3.8, 4) is 0 Å². The van der Waals surface area contributed by atoms with E-state index in [0.717, 1.165) is 0 Å². The van der Waals surface area contributed by atoms with Crippen LogP contribution in [-0.2, 0) is 23.9 Å². The summed E-state index contributed by atoms with van der Waals surface area (Å²) in [5.41, 5.74) is 0. The van der Waals surface area contributed by atoms with E-state index in [2.05, 4.69) is 11.3 Å². The number of carbonyl (C=O) groups excluding carboxylic acids is 4. The molecule has 0 fully saturated rings. The van der Waals surface area contributed by atoms with E-state index in [4.69, 9.17) is 0 Å². The third-order valence-electron chi connectivity index (χ3n) is 1.54. The Bertz CT molecular complexity index is 316. The second kappa shape index (κ2) is 7.50. The fourth-order valence-corrected chi connectivity index (χ4v) is 0.986. The summed E-state index contributed by atoms with van der Waals surface area (Å²) in [5.74, 6) is -2.01. The fourth-order valence-electron chi connectivity index (χ4n) is 0.986. The molecule has 0 aromatic heterocycles. The fraction of sp³-hybridized carbons (Fsp3) is 0.455. The molecule has 16 heavy (non-hydrogen) atoms. The summed E-state index contributed by atoms with van der Waals surface area (Å²) < 4.78 is 4.57. The third kappa shape index (κ3) is 7.61. The molecule has 0 N–H and O–H groups in total. The van der Waals surface area contributed by atoms with Crippen LogP contribution in [0.2, 0.25) is 0 Å². The Kier molecular flexibility index (Phi) is 6.67. The van der Waals surface area contributed by atoms with Gasteiger partial charge in [0.15, 0.2) is 5.78 Å². The molecule has 5 heteroatoms. The quantitative estimate of drug-likeness (QED) is 0.344. The number of Topliss-reactive ketones (excluding diaryl/α,β-unsaturated/α-hetero) is 3. The van der Waals surface area contributed by atoms with Crippen LogP contribution in [0.4, 0.5) is 0 Å². The van der Waals surface area contributed by atoms with Gasteiger partial charge in [-0.05, 0) is 6.92 Å². The minimum Gasteiger partial charge on any atom is -0.461 e. The zero-order chi connectivity index (χ0) is 12.6. The van der Waals surface area contributed by atoms with Gasteiger partial charge >= 0.3 is 5.97 Å². The highest BCUT2D eigenvalue weighted by molar-refractivity contribution is 6.10. The van der Waals surface area contributed by atoms with Crippen LogP contribution in [0.5, 0.6) is 0 Å². The van der Waals surface area contributed by atoms with Crippen molar-refractivity contribution in [1.29, 1.82) is 0 Å². The van der Waals surface area contributed by atoms with Crippen molar-refractivity contribution < 1.29 is 23.9 Å². The van der Waals surface area contributed by atoms with Crippen LogP contribution in [0, 0.1) is 0 Å². The first kappa shape index (κ1) is 14.2. The van der Waals surface area contributed by atoms with E-state index in [1.165, 1.54) is 13.0 Å². The van der Waals surface area contributed by atoms with Crippen molar-refractivity contribution in [1.82, 2.24) is 0 Å². The van der Waals surface area contributed by atoms with Crippen LogP contribution in [0.25, 0.3) is 0 Å². The summed E-state index contributed by atoms with van der Waals surface area (Å²) in [5, 5.41) is 0. The minimum atomic E-state index is -0.694. The molecule has 0 aliphatic rings. The molecule has 0 bridgehead atoms. The molecule has 0 aliphatic heterocycles. The largest absolute Gasteiger partial charge is 0.461 e. The second-order valence-corrected chi connectivity index (χ2v) is 3.28. The van der Waals surface area contributed by atoms with Gasteiger partial charge in [-0.3, -0.25) is 19.2 Å². The summed E-state index contributed by atoms with van der Waals surface area (Å²) in [4.78, 5) is 43.7. The minimum absolute atomic E-state index is 0.0352. The highest BCUT2D eigenvalue weighted by Gasteiger charge is 2.15. The highest BCUT2D eigenvalue weighted by atomic mass is 16.5. The molecule has 0 saturated heterocycles. The first-order chi connectivity index (χ1) is 7.45. The van der Waals surface area contributed by atoms with Gasteiger partial charge in [-0.25, -0.2) is 0 Å². The second-order valence-electron chi connectivity index (χ2n) is 3.28. The van der Waals surface area contributed by atoms with E-state index in [9.17, 15) is 19.2 Å². The van der Waals surface area contributed by atoms with Crippen LogP contribution in [0.1, 0.15) is 26.2 Å².